The molecule has 1 amide bonds. The molecule has 3 rings (SSSR count). The highest BCUT2D eigenvalue weighted by atomic mass is 16.6. The number of aromatic nitrogens is 1. The van der Waals surface area contributed by atoms with Crippen LogP contribution in [0.5, 0.6) is 11.8 Å². The molecule has 192 valence electrons. The average Bonchev–Trinajstić information content (AvgIpc) is 2.84. The van der Waals surface area contributed by atoms with Gasteiger partial charge in [-0.1, -0.05) is 38.8 Å². The maximum absolute atomic E-state index is 12.3. The largest absolute Gasteiger partial charge is 0.478 e. The van der Waals surface area contributed by atoms with Gasteiger partial charge < -0.3 is 24.0 Å². The third-order valence-electron chi connectivity index (χ3n) is 5.79. The number of ether oxygens (including phenoxy) is 3. The lowest BCUT2D eigenvalue weighted by molar-refractivity contribution is 0.0240. The lowest BCUT2D eigenvalue weighted by atomic mass is 10.1. The van der Waals surface area contributed by atoms with E-state index in [0.29, 0.717) is 38.1 Å². The first kappa shape index (κ1) is 26.6. The van der Waals surface area contributed by atoms with E-state index in [-0.39, 0.29) is 6.09 Å². The van der Waals surface area contributed by atoms with Crippen LogP contribution in [-0.4, -0.2) is 61.0 Å². The Morgan fingerprint density at radius 2 is 1.51 bits per heavy atom. The number of hydrogen-bond donors (Lipinski definition) is 0. The van der Waals surface area contributed by atoms with Gasteiger partial charge in [-0.05, 0) is 57.4 Å². The van der Waals surface area contributed by atoms with Crippen LogP contribution in [0.1, 0.15) is 60.3 Å². The molecule has 2 aromatic rings. The third kappa shape index (κ3) is 8.05. The van der Waals surface area contributed by atoms with Gasteiger partial charge in [0.05, 0.1) is 13.2 Å². The Kier molecular flexibility index (Phi) is 9.64. The number of carbonyl (C=O) groups excluding carboxylic acids is 1. The molecule has 1 aromatic carbocycles. The van der Waals surface area contributed by atoms with Gasteiger partial charge in [-0.3, -0.25) is 0 Å². The van der Waals surface area contributed by atoms with Crippen molar-refractivity contribution in [1.29, 1.82) is 0 Å². The fourth-order valence-electron chi connectivity index (χ4n) is 3.79. The second-order valence-corrected chi connectivity index (χ2v) is 9.91. The minimum absolute atomic E-state index is 0.238. The van der Waals surface area contributed by atoms with Gasteiger partial charge >= 0.3 is 6.09 Å². The number of unbranched alkanes of at least 4 members (excludes halogenated alkanes) is 2. The van der Waals surface area contributed by atoms with Crippen molar-refractivity contribution in [3.63, 3.8) is 0 Å². The van der Waals surface area contributed by atoms with Crippen molar-refractivity contribution < 1.29 is 19.0 Å². The van der Waals surface area contributed by atoms with E-state index in [1.165, 1.54) is 0 Å². The van der Waals surface area contributed by atoms with Gasteiger partial charge in [0, 0.05) is 43.5 Å². The fourth-order valence-corrected chi connectivity index (χ4v) is 3.79. The fraction of sp³-hybridized carbons (Fsp3) is 0.571. The van der Waals surface area contributed by atoms with Crippen molar-refractivity contribution in [3.05, 3.63) is 36.4 Å². The average molecular weight is 484 g/mol. The lowest BCUT2D eigenvalue weighted by Crippen LogP contribution is -2.50. The predicted octanol–water partition coefficient (Wildman–Crippen LogP) is 6.16. The van der Waals surface area contributed by atoms with E-state index in [1.54, 1.807) is 4.90 Å². The maximum atomic E-state index is 12.3. The van der Waals surface area contributed by atoms with Crippen molar-refractivity contribution >= 4 is 11.8 Å². The molecule has 0 atom stereocenters. The molecule has 1 saturated heterocycles. The smallest absolute Gasteiger partial charge is 0.410 e. The summed E-state index contributed by atoms with van der Waals surface area (Å²) in [7, 11) is 0. The number of piperazine rings is 1. The summed E-state index contributed by atoms with van der Waals surface area (Å²) in [5.41, 5.74) is 2.68. The molecule has 0 spiro atoms. The summed E-state index contributed by atoms with van der Waals surface area (Å²) in [4.78, 5) is 21.1. The van der Waals surface area contributed by atoms with Crippen molar-refractivity contribution in [2.24, 2.45) is 0 Å². The van der Waals surface area contributed by atoms with Gasteiger partial charge in [0.1, 0.15) is 5.60 Å². The predicted molar refractivity (Wildman–Crippen MR) is 140 cm³/mol. The number of benzene rings is 1. The number of pyridine rings is 1. The van der Waals surface area contributed by atoms with E-state index < -0.39 is 5.60 Å². The lowest BCUT2D eigenvalue weighted by Gasteiger charge is -2.36. The Bertz CT molecular complexity index is 932. The molecule has 1 aliphatic rings. The van der Waals surface area contributed by atoms with Crippen LogP contribution >= 0.6 is 0 Å². The summed E-state index contributed by atoms with van der Waals surface area (Å²) in [6.07, 6.45) is 3.90. The van der Waals surface area contributed by atoms with E-state index >= 15 is 0 Å². The van der Waals surface area contributed by atoms with Gasteiger partial charge in [0.25, 0.3) is 0 Å². The standard InChI is InChI=1S/C28H41N3O4/c1-6-8-20-33-25-15-14-24(26(29-25)34-21-9-7-2)22-10-12-23(13-11-22)30-16-18-31(19-17-30)27(32)35-28(3,4)5/h10-15H,6-9,16-21H2,1-5H3. The van der Waals surface area contributed by atoms with Crippen LogP contribution in [0.25, 0.3) is 11.1 Å². The number of nitrogens with zero attached hydrogens (tertiary/aromatic N) is 3. The first-order valence-corrected chi connectivity index (χ1v) is 12.9. The highest BCUT2D eigenvalue weighted by molar-refractivity contribution is 5.71. The molecule has 0 saturated carbocycles. The topological polar surface area (TPSA) is 64.1 Å². The number of hydrogen-bond acceptors (Lipinski definition) is 6. The third-order valence-corrected chi connectivity index (χ3v) is 5.79. The molecular formula is C28H41N3O4. The molecule has 0 radical (unpaired) electrons. The molecular weight excluding hydrogens is 442 g/mol. The van der Waals surface area contributed by atoms with Crippen molar-refractivity contribution in [2.75, 3.05) is 44.3 Å². The van der Waals surface area contributed by atoms with Crippen molar-refractivity contribution in [3.8, 4) is 22.9 Å². The molecule has 2 heterocycles. The van der Waals surface area contributed by atoms with E-state index in [2.05, 4.69) is 48.0 Å². The summed E-state index contributed by atoms with van der Waals surface area (Å²) < 4.78 is 17.4. The van der Waals surface area contributed by atoms with Gasteiger partial charge in [-0.2, -0.15) is 4.98 Å². The Morgan fingerprint density at radius 1 is 0.886 bits per heavy atom. The van der Waals surface area contributed by atoms with E-state index in [9.17, 15) is 4.79 Å². The highest BCUT2D eigenvalue weighted by Gasteiger charge is 2.26. The molecule has 35 heavy (non-hydrogen) atoms. The van der Waals surface area contributed by atoms with Crippen LogP contribution in [0.4, 0.5) is 10.5 Å². The Balaban J connectivity index is 1.67. The zero-order chi connectivity index (χ0) is 25.3. The normalized spacial score (nSPS) is 14.1. The van der Waals surface area contributed by atoms with Gasteiger partial charge in [0.2, 0.25) is 11.8 Å². The van der Waals surface area contributed by atoms with E-state index in [0.717, 1.165) is 55.6 Å². The summed E-state index contributed by atoms with van der Waals surface area (Å²) >= 11 is 0. The second-order valence-electron chi connectivity index (χ2n) is 9.91. The van der Waals surface area contributed by atoms with Gasteiger partial charge in [0.15, 0.2) is 0 Å². The van der Waals surface area contributed by atoms with Gasteiger partial charge in [-0.25, -0.2) is 4.79 Å². The van der Waals surface area contributed by atoms with Crippen molar-refractivity contribution in [2.45, 2.75) is 65.9 Å². The quantitative estimate of drug-likeness (QED) is 0.377. The number of anilines is 1. The molecule has 0 unspecified atom stereocenters. The minimum atomic E-state index is -0.474. The van der Waals surface area contributed by atoms with Crippen LogP contribution in [0.2, 0.25) is 0 Å². The van der Waals surface area contributed by atoms with Crippen molar-refractivity contribution in [1.82, 2.24) is 9.88 Å². The summed E-state index contributed by atoms with van der Waals surface area (Å²) in [6, 6.07) is 12.4. The zero-order valence-corrected chi connectivity index (χ0v) is 22.0. The maximum Gasteiger partial charge on any atom is 0.410 e. The Morgan fingerprint density at radius 3 is 2.11 bits per heavy atom. The SMILES string of the molecule is CCCCOc1ccc(-c2ccc(N3CCN(C(=O)OC(C)(C)C)CC3)cc2)c(OCCCC)n1. The van der Waals surface area contributed by atoms with Gasteiger partial charge in [-0.15, -0.1) is 0 Å². The van der Waals surface area contributed by atoms with E-state index in [1.807, 2.05) is 32.9 Å². The molecule has 1 aromatic heterocycles. The number of rotatable bonds is 10. The monoisotopic (exact) mass is 483 g/mol. The minimum Gasteiger partial charge on any atom is -0.478 e. The molecule has 0 bridgehead atoms. The first-order valence-electron chi connectivity index (χ1n) is 12.9. The Hall–Kier alpha value is -2.96. The molecule has 7 nitrogen and oxygen atoms in total. The first-order chi connectivity index (χ1) is 16.8. The zero-order valence-electron chi connectivity index (χ0n) is 22.0. The number of carbonyl (C=O) groups is 1. The summed E-state index contributed by atoms with van der Waals surface area (Å²) in [6.45, 7) is 14.1. The molecule has 0 N–H and O–H groups in total. The number of amides is 1. The second kappa shape index (κ2) is 12.7. The van der Waals surface area contributed by atoms with Crippen LogP contribution in [-0.2, 0) is 4.74 Å². The summed E-state index contributed by atoms with van der Waals surface area (Å²) in [5.74, 6) is 1.22. The summed E-state index contributed by atoms with van der Waals surface area (Å²) in [5, 5.41) is 0. The molecule has 0 aliphatic carbocycles. The molecule has 1 aliphatic heterocycles. The van der Waals surface area contributed by atoms with Crippen LogP contribution in [0.15, 0.2) is 36.4 Å². The van der Waals surface area contributed by atoms with E-state index in [4.69, 9.17) is 14.2 Å². The molecule has 1 fully saturated rings. The van der Waals surface area contributed by atoms with Crippen LogP contribution < -0.4 is 14.4 Å². The molecule has 7 heteroatoms. The highest BCUT2D eigenvalue weighted by Crippen LogP contribution is 2.32. The van der Waals surface area contributed by atoms with Crippen LogP contribution in [0, 0.1) is 0 Å². The van der Waals surface area contributed by atoms with Crippen LogP contribution in [0.3, 0.4) is 0 Å². The Labute approximate surface area is 210 Å².